The van der Waals surface area contributed by atoms with E-state index in [1.54, 1.807) is 23.7 Å². The van der Waals surface area contributed by atoms with Gasteiger partial charge in [-0.25, -0.2) is 13.4 Å². The minimum atomic E-state index is -3.69. The van der Waals surface area contributed by atoms with Gasteiger partial charge in [0.1, 0.15) is 6.04 Å². The van der Waals surface area contributed by atoms with Crippen molar-refractivity contribution < 1.29 is 14.6 Å². The van der Waals surface area contributed by atoms with Crippen LogP contribution in [-0.4, -0.2) is 62.5 Å². The van der Waals surface area contributed by atoms with E-state index in [1.165, 1.54) is 16.9 Å². The van der Waals surface area contributed by atoms with E-state index in [9.17, 15) is 13.2 Å². The van der Waals surface area contributed by atoms with Crippen LogP contribution >= 0.6 is 22.9 Å². The third-order valence-electron chi connectivity index (χ3n) is 7.10. The minimum absolute atomic E-state index is 0. The molecule has 198 valence electrons. The number of sulfonamides is 1. The van der Waals surface area contributed by atoms with Gasteiger partial charge in [0.05, 0.1) is 4.90 Å². The molecule has 0 saturated carbocycles. The second-order valence-electron chi connectivity index (χ2n) is 9.51. The molecule has 2 aliphatic rings. The van der Waals surface area contributed by atoms with Gasteiger partial charge in [-0.2, -0.15) is 0 Å². The molecule has 2 atom stereocenters. The smallest absolute Gasteiger partial charge is 0.263 e. The fourth-order valence-electron chi connectivity index (χ4n) is 5.17. The molecule has 1 amide bonds. The van der Waals surface area contributed by atoms with E-state index >= 15 is 0 Å². The van der Waals surface area contributed by atoms with Crippen LogP contribution in [0.4, 0.5) is 16.5 Å². The second kappa shape index (κ2) is 10.5. The zero-order valence-electron chi connectivity index (χ0n) is 20.8. The molecule has 2 aromatic carbocycles. The summed E-state index contributed by atoms with van der Waals surface area (Å²) in [6.07, 6.45) is 3.53. The van der Waals surface area contributed by atoms with Crippen LogP contribution in [0.25, 0.3) is 0 Å². The molecule has 0 spiro atoms. The van der Waals surface area contributed by atoms with Crippen LogP contribution < -0.4 is 14.5 Å². The number of benzene rings is 2. The largest absolute Gasteiger partial charge is 0.368 e. The van der Waals surface area contributed by atoms with Crippen LogP contribution in [0.2, 0.25) is 5.02 Å². The van der Waals surface area contributed by atoms with Crippen molar-refractivity contribution in [2.45, 2.75) is 43.7 Å². The van der Waals surface area contributed by atoms with Crippen molar-refractivity contribution in [3.05, 3.63) is 64.6 Å². The summed E-state index contributed by atoms with van der Waals surface area (Å²) in [4.78, 5) is 24.1. The number of rotatable bonds is 6. The summed E-state index contributed by atoms with van der Waals surface area (Å²) in [5.74, 6) is 0.129. The molecule has 0 radical (unpaired) electrons. The molecular weight excluding hydrogens is 530 g/mol. The monoisotopic (exact) mass is 561 g/mol. The van der Waals surface area contributed by atoms with Crippen molar-refractivity contribution in [3.8, 4) is 0 Å². The number of aryl methyl sites for hydroxylation is 1. The number of fused-ring (bicyclic) bond motifs is 1. The lowest BCUT2D eigenvalue weighted by molar-refractivity contribution is -0.134. The van der Waals surface area contributed by atoms with Gasteiger partial charge >= 0.3 is 0 Å². The topological polar surface area (TPSA) is 85.9 Å². The zero-order chi connectivity index (χ0) is 26.2. The number of nitrogens with one attached hydrogen (secondary N) is 1. The van der Waals surface area contributed by atoms with Crippen LogP contribution in [-0.2, 0) is 21.2 Å². The molecule has 0 bridgehead atoms. The molecule has 1 N–H and O–H groups in total. The van der Waals surface area contributed by atoms with Crippen molar-refractivity contribution in [1.29, 1.82) is 0 Å². The highest BCUT2D eigenvalue weighted by molar-refractivity contribution is 7.93. The van der Waals surface area contributed by atoms with E-state index in [0.717, 1.165) is 35.8 Å². The maximum atomic E-state index is 13.6. The minimum Gasteiger partial charge on any atom is -0.368 e. The Morgan fingerprint density at radius 1 is 1.19 bits per heavy atom. The number of carbonyl (C=O) groups is 1. The highest BCUT2D eigenvalue weighted by atomic mass is 35.5. The van der Waals surface area contributed by atoms with Gasteiger partial charge in [-0.05, 0) is 74.7 Å². The average molecular weight is 562 g/mol. The van der Waals surface area contributed by atoms with Gasteiger partial charge in [-0.1, -0.05) is 11.6 Å². The van der Waals surface area contributed by atoms with Gasteiger partial charge in [0.15, 0.2) is 5.13 Å². The molecule has 5 rings (SSSR count). The van der Waals surface area contributed by atoms with Crippen molar-refractivity contribution in [2.24, 2.45) is 0 Å². The van der Waals surface area contributed by atoms with Gasteiger partial charge in [0.25, 0.3) is 10.0 Å². The maximum Gasteiger partial charge on any atom is 0.263 e. The van der Waals surface area contributed by atoms with E-state index in [2.05, 4.69) is 26.4 Å². The summed E-state index contributed by atoms with van der Waals surface area (Å²) in [6.45, 7) is 6.87. The highest BCUT2D eigenvalue weighted by Gasteiger charge is 2.34. The lowest BCUT2D eigenvalue weighted by Gasteiger charge is -2.44. The maximum absolute atomic E-state index is 13.6. The molecule has 1 aromatic heterocycles. The van der Waals surface area contributed by atoms with Gasteiger partial charge in [0, 0.05) is 61.6 Å². The molecule has 37 heavy (non-hydrogen) atoms. The Kier molecular flexibility index (Phi) is 7.33. The molecule has 1 unspecified atom stereocenters. The number of hydrogen-bond acceptors (Lipinski definition) is 7. The Balaban J connectivity index is 0.00000336. The van der Waals surface area contributed by atoms with E-state index in [-0.39, 0.29) is 24.3 Å². The Morgan fingerprint density at radius 2 is 1.97 bits per heavy atom. The first-order valence-corrected chi connectivity index (χ1v) is 15.1. The molecule has 8 nitrogen and oxygen atoms in total. The summed E-state index contributed by atoms with van der Waals surface area (Å²) in [6, 6.07) is 12.5. The molecule has 0 aliphatic carbocycles. The Hall–Kier alpha value is -2.82. The van der Waals surface area contributed by atoms with Crippen molar-refractivity contribution >= 4 is 55.4 Å². The van der Waals surface area contributed by atoms with Crippen LogP contribution in [0.5, 0.6) is 0 Å². The second-order valence-corrected chi connectivity index (χ2v) is 12.5. The number of piperazine rings is 1. The summed E-state index contributed by atoms with van der Waals surface area (Å²) >= 11 is 7.43. The van der Waals surface area contributed by atoms with Crippen LogP contribution in [0, 0.1) is 0 Å². The summed E-state index contributed by atoms with van der Waals surface area (Å²) < 4.78 is 27.8. The van der Waals surface area contributed by atoms with Crippen molar-refractivity contribution in [1.82, 2.24) is 9.88 Å². The van der Waals surface area contributed by atoms with Gasteiger partial charge in [-0.15, -0.1) is 11.3 Å². The highest BCUT2D eigenvalue weighted by Crippen LogP contribution is 2.32. The third-order valence-corrected chi connectivity index (χ3v) is 9.51. The van der Waals surface area contributed by atoms with E-state index in [1.807, 2.05) is 42.2 Å². The predicted octanol–water partition coefficient (Wildman–Crippen LogP) is 4.72. The van der Waals surface area contributed by atoms with Crippen molar-refractivity contribution in [2.75, 3.05) is 40.7 Å². The van der Waals surface area contributed by atoms with Gasteiger partial charge in [0.2, 0.25) is 5.91 Å². The molecular formula is C26H32ClN5O3S2. The van der Waals surface area contributed by atoms with Crippen molar-refractivity contribution in [3.63, 3.8) is 0 Å². The summed E-state index contributed by atoms with van der Waals surface area (Å²) in [7, 11) is -3.69. The lowest BCUT2D eigenvalue weighted by atomic mass is 9.99. The van der Waals surface area contributed by atoms with Crippen LogP contribution in [0.3, 0.4) is 0 Å². The normalized spacial score (nSPS) is 18.9. The summed E-state index contributed by atoms with van der Waals surface area (Å²) in [5, 5.41) is 2.78. The molecule has 1 saturated heterocycles. The number of aromatic nitrogens is 1. The average Bonchev–Trinajstić information content (AvgIpc) is 3.39. The molecule has 1 fully saturated rings. The number of nitrogens with zero attached hydrogens (tertiary/aromatic N) is 4. The number of anilines is 3. The van der Waals surface area contributed by atoms with E-state index < -0.39 is 10.0 Å². The van der Waals surface area contributed by atoms with E-state index in [0.29, 0.717) is 24.8 Å². The fraction of sp³-hybridized carbons (Fsp3) is 0.385. The Morgan fingerprint density at radius 3 is 2.68 bits per heavy atom. The quantitative estimate of drug-likeness (QED) is 0.468. The van der Waals surface area contributed by atoms with Gasteiger partial charge in [-0.3, -0.25) is 9.52 Å². The van der Waals surface area contributed by atoms with E-state index in [4.69, 9.17) is 11.6 Å². The first-order chi connectivity index (χ1) is 17.7. The Labute approximate surface area is 228 Å². The first kappa shape index (κ1) is 25.8. The number of thiazole rings is 1. The number of hydrogen-bond donors (Lipinski definition) is 1. The fourth-order valence-corrected chi connectivity index (χ4v) is 7.16. The molecule has 3 aromatic rings. The number of amides is 1. The molecule has 2 aliphatic heterocycles. The predicted molar refractivity (Wildman–Crippen MR) is 151 cm³/mol. The van der Waals surface area contributed by atoms with Gasteiger partial charge < -0.3 is 14.7 Å². The lowest BCUT2D eigenvalue weighted by Crippen LogP contribution is -2.58. The number of halogens is 1. The molecule has 3 heterocycles. The van der Waals surface area contributed by atoms with Crippen LogP contribution in [0.15, 0.2) is 58.9 Å². The van der Waals surface area contributed by atoms with Crippen LogP contribution in [0.1, 0.15) is 27.3 Å². The third kappa shape index (κ3) is 5.42. The number of carbonyl (C=O) groups excluding carboxylic acids is 1. The molecule has 11 heteroatoms. The Bertz CT molecular complexity index is 1370. The summed E-state index contributed by atoms with van der Waals surface area (Å²) in [5.41, 5.74) is 3.23. The SMILES string of the molecule is CC1CN(c2ccc(S(=O)(=O)Nc3nccs3)cc2)CCN1C(=O)[C@@H](C)N1CCCc2cc(Cl)ccc21.[HH]. The standard InChI is InChI=1S/C26H30ClN5O3S2.H2/c1-18-17-30(22-6-8-23(9-7-22)37(34,35)29-26-28-11-15-36-26)13-14-31(18)25(33)19(2)32-12-3-4-20-16-21(27)5-10-24(20)32;/h5-11,15-16,18-19H,3-4,12-14,17H2,1-2H3,(H,28,29);1H/t18?,19-;/m1./s1. The zero-order valence-corrected chi connectivity index (χ0v) is 23.2. The first-order valence-electron chi connectivity index (χ1n) is 12.4.